The fourth-order valence-corrected chi connectivity index (χ4v) is 5.04. The molecular weight excluding hydrogens is 394 g/mol. The number of β-lactam (4-membered cyclic amide) rings is 1. The van der Waals surface area contributed by atoms with Gasteiger partial charge in [-0.25, -0.2) is 4.79 Å². The average molecular weight is 422 g/mol. The van der Waals surface area contributed by atoms with Crippen LogP contribution in [0.3, 0.4) is 0 Å². The minimum absolute atomic E-state index is 0.176. The summed E-state index contributed by atoms with van der Waals surface area (Å²) in [7, 11) is 3.79. The first-order chi connectivity index (χ1) is 13.7. The first-order valence-corrected chi connectivity index (χ1v) is 10.4. The summed E-state index contributed by atoms with van der Waals surface area (Å²) >= 11 is 1.50. The van der Waals surface area contributed by atoms with Crippen LogP contribution in [-0.2, 0) is 19.1 Å². The maximum atomic E-state index is 12.7. The predicted octanol–water partition coefficient (Wildman–Crippen LogP) is 0.717. The second kappa shape index (κ2) is 8.62. The van der Waals surface area contributed by atoms with E-state index >= 15 is 0 Å². The number of hydrogen-bond donors (Lipinski definition) is 1. The van der Waals surface area contributed by atoms with Gasteiger partial charge in [0.25, 0.3) is 5.91 Å². The molecule has 0 bridgehead atoms. The van der Waals surface area contributed by atoms with Crippen molar-refractivity contribution in [2.75, 3.05) is 33.9 Å². The number of benzene rings is 1. The number of fused-ring (bicyclic) bond motifs is 1. The molecule has 2 fully saturated rings. The van der Waals surface area contributed by atoms with Crippen LogP contribution < -0.4 is 10.1 Å². The third-order valence-electron chi connectivity index (χ3n) is 4.88. The second-order valence-corrected chi connectivity index (χ2v) is 9.65. The molecule has 0 aliphatic carbocycles. The van der Waals surface area contributed by atoms with Crippen LogP contribution in [0.15, 0.2) is 30.3 Å². The molecular formula is C20H27N3O5S. The number of carbonyl (C=O) groups excluding carboxylic acids is 3. The fraction of sp³-hybridized carbons (Fsp3) is 0.550. The number of rotatable bonds is 8. The zero-order valence-corrected chi connectivity index (χ0v) is 17.9. The standard InChI is InChI=1S/C20H27N3O5S/c1-20(2)16(19(26)27-11-10-22(3)4)23-17(25)15(18(23)29-20)21-14(24)12-28-13-8-6-5-7-9-13/h5-9,15-16,18H,10-12H2,1-4H3,(H,21,24)/t15?,16-,18+/m0/s1. The van der Waals surface area contributed by atoms with E-state index in [9.17, 15) is 14.4 Å². The van der Waals surface area contributed by atoms with Crippen LogP contribution >= 0.6 is 11.8 Å². The van der Waals surface area contributed by atoms with E-state index in [0.717, 1.165) is 0 Å². The molecule has 0 radical (unpaired) electrons. The molecule has 0 spiro atoms. The number of ether oxygens (including phenoxy) is 2. The number of nitrogens with one attached hydrogen (secondary N) is 1. The lowest BCUT2D eigenvalue weighted by atomic mass is 9.96. The van der Waals surface area contributed by atoms with Gasteiger partial charge < -0.3 is 24.6 Å². The number of amides is 2. The van der Waals surface area contributed by atoms with Gasteiger partial charge in [0.05, 0.1) is 0 Å². The van der Waals surface area contributed by atoms with E-state index in [1.165, 1.54) is 16.7 Å². The van der Waals surface area contributed by atoms with Gasteiger partial charge in [-0.2, -0.15) is 0 Å². The molecule has 3 rings (SSSR count). The lowest BCUT2D eigenvalue weighted by molar-refractivity contribution is -0.164. The van der Waals surface area contributed by atoms with Crippen molar-refractivity contribution >= 4 is 29.5 Å². The average Bonchev–Trinajstić information content (AvgIpc) is 2.93. The minimum atomic E-state index is -0.666. The number of esters is 1. The number of para-hydroxylation sites is 1. The van der Waals surface area contributed by atoms with Crippen molar-refractivity contribution in [1.82, 2.24) is 15.1 Å². The molecule has 2 amide bonds. The van der Waals surface area contributed by atoms with Gasteiger partial charge in [-0.1, -0.05) is 18.2 Å². The topological polar surface area (TPSA) is 88.2 Å². The number of nitrogens with zero attached hydrogens (tertiary/aromatic N) is 2. The highest BCUT2D eigenvalue weighted by molar-refractivity contribution is 8.01. The first kappa shape index (κ1) is 21.4. The van der Waals surface area contributed by atoms with Crippen LogP contribution in [-0.4, -0.2) is 83.6 Å². The van der Waals surface area contributed by atoms with Gasteiger partial charge in [0.2, 0.25) is 5.91 Å². The van der Waals surface area contributed by atoms with Gasteiger partial charge in [-0.3, -0.25) is 9.59 Å². The van der Waals surface area contributed by atoms with Crippen molar-refractivity contribution in [1.29, 1.82) is 0 Å². The van der Waals surface area contributed by atoms with Crippen LogP contribution in [0.25, 0.3) is 0 Å². The Morgan fingerprint density at radius 3 is 2.59 bits per heavy atom. The molecule has 2 aliphatic rings. The van der Waals surface area contributed by atoms with E-state index in [-0.39, 0.29) is 30.4 Å². The van der Waals surface area contributed by atoms with Gasteiger partial charge in [0, 0.05) is 11.3 Å². The Kier molecular flexibility index (Phi) is 6.38. The minimum Gasteiger partial charge on any atom is -0.484 e. The molecule has 0 aromatic heterocycles. The molecule has 2 saturated heterocycles. The van der Waals surface area contributed by atoms with Gasteiger partial charge in [0.15, 0.2) is 6.61 Å². The summed E-state index contributed by atoms with van der Waals surface area (Å²) < 4.78 is 10.3. The Morgan fingerprint density at radius 2 is 1.93 bits per heavy atom. The molecule has 2 aliphatic heterocycles. The molecule has 1 unspecified atom stereocenters. The molecule has 1 aromatic rings. The van der Waals surface area contributed by atoms with E-state index in [2.05, 4.69) is 5.32 Å². The van der Waals surface area contributed by atoms with Gasteiger partial charge in [-0.05, 0) is 40.1 Å². The van der Waals surface area contributed by atoms with Gasteiger partial charge in [-0.15, -0.1) is 11.8 Å². The highest BCUT2D eigenvalue weighted by Crippen LogP contribution is 2.51. The summed E-state index contributed by atoms with van der Waals surface area (Å²) in [6.45, 7) is 4.54. The van der Waals surface area contributed by atoms with Crippen molar-refractivity contribution in [3.63, 3.8) is 0 Å². The van der Waals surface area contributed by atoms with Gasteiger partial charge in [0.1, 0.15) is 29.8 Å². The highest BCUT2D eigenvalue weighted by atomic mass is 32.2. The van der Waals surface area contributed by atoms with Crippen LogP contribution in [0.5, 0.6) is 5.75 Å². The van der Waals surface area contributed by atoms with Crippen LogP contribution in [0.1, 0.15) is 13.8 Å². The van der Waals surface area contributed by atoms with Crippen LogP contribution in [0.4, 0.5) is 0 Å². The Labute approximate surface area is 174 Å². The molecule has 8 nitrogen and oxygen atoms in total. The number of likely N-dealkylation sites (N-methyl/N-ethyl adjacent to an activating group) is 1. The van der Waals surface area contributed by atoms with Crippen molar-refractivity contribution in [2.24, 2.45) is 0 Å². The third-order valence-corrected chi connectivity index (χ3v) is 6.45. The molecule has 3 atom stereocenters. The van der Waals surface area contributed by atoms with E-state index in [1.54, 1.807) is 12.1 Å². The molecule has 0 saturated carbocycles. The first-order valence-electron chi connectivity index (χ1n) is 9.49. The maximum absolute atomic E-state index is 12.7. The lowest BCUT2D eigenvalue weighted by Crippen LogP contribution is -2.71. The van der Waals surface area contributed by atoms with Crippen molar-refractivity contribution in [2.45, 2.75) is 36.1 Å². The normalized spacial score (nSPS) is 24.7. The zero-order valence-electron chi connectivity index (χ0n) is 17.1. The van der Waals surface area contributed by atoms with Crippen LogP contribution in [0.2, 0.25) is 0 Å². The monoisotopic (exact) mass is 421 g/mol. The summed E-state index contributed by atoms with van der Waals surface area (Å²) in [4.78, 5) is 41.0. The van der Waals surface area contributed by atoms with Crippen LogP contribution in [0, 0.1) is 0 Å². The summed E-state index contributed by atoms with van der Waals surface area (Å²) in [5.41, 5.74) is 0. The number of carbonyl (C=O) groups is 3. The largest absolute Gasteiger partial charge is 0.484 e. The SMILES string of the molecule is CN(C)CCOC(=O)[C@@H]1N2C(=O)C(NC(=O)COc3ccccc3)[C@H]2SC1(C)C. The fourth-order valence-electron chi connectivity index (χ4n) is 3.41. The molecule has 2 heterocycles. The molecule has 158 valence electrons. The van der Waals surface area contributed by atoms with Crippen molar-refractivity contribution in [3.8, 4) is 5.75 Å². The van der Waals surface area contributed by atoms with E-state index in [0.29, 0.717) is 12.3 Å². The van der Waals surface area contributed by atoms with Gasteiger partial charge >= 0.3 is 5.97 Å². The van der Waals surface area contributed by atoms with E-state index in [4.69, 9.17) is 9.47 Å². The Hall–Kier alpha value is -2.26. The predicted molar refractivity (Wildman–Crippen MR) is 109 cm³/mol. The number of hydrogen-bond acceptors (Lipinski definition) is 7. The molecule has 29 heavy (non-hydrogen) atoms. The molecule has 1 N–H and O–H groups in total. The highest BCUT2D eigenvalue weighted by Gasteiger charge is 2.64. The van der Waals surface area contributed by atoms with Crippen molar-refractivity contribution < 1.29 is 23.9 Å². The third kappa shape index (κ3) is 4.67. The Morgan fingerprint density at radius 1 is 1.24 bits per heavy atom. The van der Waals surface area contributed by atoms with E-state index in [1.807, 2.05) is 51.0 Å². The summed E-state index contributed by atoms with van der Waals surface area (Å²) in [5, 5.41) is 2.44. The lowest BCUT2D eigenvalue weighted by Gasteiger charge is -2.43. The molecule has 1 aromatic carbocycles. The zero-order chi connectivity index (χ0) is 21.2. The Balaban J connectivity index is 1.55. The summed E-state index contributed by atoms with van der Waals surface area (Å²) in [6.07, 6.45) is 0. The second-order valence-electron chi connectivity index (χ2n) is 7.88. The quantitative estimate of drug-likeness (QED) is 0.489. The summed E-state index contributed by atoms with van der Waals surface area (Å²) in [5.74, 6) is -0.462. The smallest absolute Gasteiger partial charge is 0.330 e. The number of thioether (sulfide) groups is 1. The van der Waals surface area contributed by atoms with E-state index < -0.39 is 22.8 Å². The summed E-state index contributed by atoms with van der Waals surface area (Å²) in [6, 6.07) is 7.67. The molecule has 9 heteroatoms. The van der Waals surface area contributed by atoms with Crippen molar-refractivity contribution in [3.05, 3.63) is 30.3 Å². The maximum Gasteiger partial charge on any atom is 0.330 e. The Bertz CT molecular complexity index is 771.